The van der Waals surface area contributed by atoms with Crippen molar-refractivity contribution in [2.75, 3.05) is 6.54 Å². The molecule has 1 aromatic heterocycles. The van der Waals surface area contributed by atoms with Gasteiger partial charge in [0.25, 0.3) is 0 Å². The molecule has 15 heavy (non-hydrogen) atoms. The molecule has 0 amide bonds. The quantitative estimate of drug-likeness (QED) is 0.831. The first-order valence-corrected chi connectivity index (χ1v) is 6.13. The second-order valence-electron chi connectivity index (χ2n) is 4.31. The molecule has 0 aliphatic heterocycles. The molecule has 1 aromatic rings. The minimum absolute atomic E-state index is 0.278. The van der Waals surface area contributed by atoms with Gasteiger partial charge in [0, 0.05) is 24.5 Å². The van der Waals surface area contributed by atoms with Gasteiger partial charge in [-0.1, -0.05) is 0 Å². The smallest absolute Gasteiger partial charge is 0.109 e. The van der Waals surface area contributed by atoms with Crippen LogP contribution >= 0.6 is 11.3 Å². The number of hydrogen-bond acceptors (Lipinski definition) is 4. The molecule has 0 saturated heterocycles. The summed E-state index contributed by atoms with van der Waals surface area (Å²) in [7, 11) is 0. The van der Waals surface area contributed by atoms with Crippen LogP contribution in [0.3, 0.4) is 0 Å². The van der Waals surface area contributed by atoms with E-state index in [1.165, 1.54) is 12.8 Å². The summed E-state index contributed by atoms with van der Waals surface area (Å²) in [6, 6.07) is 2.58. The van der Waals surface area contributed by atoms with Crippen LogP contribution in [0.4, 0.5) is 0 Å². The molecule has 1 fully saturated rings. The molecule has 4 heteroatoms. The highest BCUT2D eigenvalue weighted by Crippen LogP contribution is 2.48. The average Bonchev–Trinajstić information content (AvgIpc) is 2.81. The van der Waals surface area contributed by atoms with E-state index in [0.717, 1.165) is 11.6 Å². The van der Waals surface area contributed by atoms with Crippen molar-refractivity contribution < 1.29 is 0 Å². The van der Waals surface area contributed by atoms with E-state index in [9.17, 15) is 0 Å². The Morgan fingerprint density at radius 3 is 3.07 bits per heavy atom. The molecule has 80 valence electrons. The highest BCUT2D eigenvalue weighted by Gasteiger charge is 2.42. The van der Waals surface area contributed by atoms with Crippen molar-refractivity contribution in [3.63, 3.8) is 0 Å². The highest BCUT2D eigenvalue weighted by molar-refractivity contribution is 7.09. The van der Waals surface area contributed by atoms with Gasteiger partial charge in [0.2, 0.25) is 0 Å². The third-order valence-electron chi connectivity index (χ3n) is 3.02. The highest BCUT2D eigenvalue weighted by atomic mass is 32.1. The Balaban J connectivity index is 1.81. The molecule has 0 bridgehead atoms. The number of nitrogens with zero attached hydrogens (tertiary/aromatic N) is 2. The third-order valence-corrected chi connectivity index (χ3v) is 3.97. The fraction of sp³-hybridized carbons (Fsp3) is 0.636. The zero-order valence-corrected chi connectivity index (χ0v) is 9.68. The zero-order valence-electron chi connectivity index (χ0n) is 8.86. The number of aromatic nitrogens is 1. The first-order chi connectivity index (χ1) is 7.26. The Bertz CT molecular complexity index is 348. The molecule has 1 aliphatic carbocycles. The van der Waals surface area contributed by atoms with Crippen molar-refractivity contribution >= 4 is 11.3 Å². The van der Waals surface area contributed by atoms with E-state index >= 15 is 0 Å². The van der Waals surface area contributed by atoms with Gasteiger partial charge in [-0.25, -0.2) is 4.98 Å². The van der Waals surface area contributed by atoms with E-state index in [2.05, 4.69) is 23.3 Å². The molecular weight excluding hydrogens is 206 g/mol. The lowest BCUT2D eigenvalue weighted by Crippen LogP contribution is -2.26. The van der Waals surface area contributed by atoms with E-state index < -0.39 is 0 Å². The predicted octanol–water partition coefficient (Wildman–Crippen LogP) is 2.49. The third kappa shape index (κ3) is 2.55. The Morgan fingerprint density at radius 1 is 1.73 bits per heavy atom. The number of hydrogen-bond donors (Lipinski definition) is 1. The minimum atomic E-state index is 0.278. The fourth-order valence-corrected chi connectivity index (χ4v) is 2.34. The van der Waals surface area contributed by atoms with Crippen molar-refractivity contribution in [2.45, 2.75) is 32.2 Å². The van der Waals surface area contributed by atoms with Crippen LogP contribution in [0.1, 0.15) is 37.2 Å². The van der Waals surface area contributed by atoms with Gasteiger partial charge in [-0.2, -0.15) is 5.26 Å². The Labute approximate surface area is 94.1 Å². The summed E-state index contributed by atoms with van der Waals surface area (Å²) in [5, 5.41) is 15.3. The van der Waals surface area contributed by atoms with Crippen LogP contribution in [0, 0.1) is 16.7 Å². The normalized spacial score (nSPS) is 19.5. The topological polar surface area (TPSA) is 48.7 Å². The van der Waals surface area contributed by atoms with Crippen LogP contribution in [0.2, 0.25) is 0 Å². The van der Waals surface area contributed by atoms with Crippen LogP contribution < -0.4 is 5.32 Å². The van der Waals surface area contributed by atoms with Crippen molar-refractivity contribution in [1.82, 2.24) is 10.3 Å². The van der Waals surface area contributed by atoms with Gasteiger partial charge in [-0.15, -0.1) is 11.3 Å². The van der Waals surface area contributed by atoms with E-state index in [0.29, 0.717) is 12.5 Å². The first-order valence-electron chi connectivity index (χ1n) is 5.25. The summed E-state index contributed by atoms with van der Waals surface area (Å²) in [6.45, 7) is 3.07. The molecule has 2 rings (SSSR count). The van der Waals surface area contributed by atoms with Crippen molar-refractivity contribution in [3.8, 4) is 6.07 Å². The molecule has 0 radical (unpaired) electrons. The van der Waals surface area contributed by atoms with Gasteiger partial charge in [0.15, 0.2) is 0 Å². The number of nitriles is 1. The molecule has 1 unspecified atom stereocenters. The largest absolute Gasteiger partial charge is 0.308 e. The number of nitrogens with one attached hydrogen (secondary N) is 1. The van der Waals surface area contributed by atoms with Crippen LogP contribution in [0.15, 0.2) is 11.6 Å². The van der Waals surface area contributed by atoms with E-state index in [1.807, 2.05) is 11.6 Å². The van der Waals surface area contributed by atoms with Crippen LogP contribution in [-0.4, -0.2) is 11.5 Å². The second-order valence-corrected chi connectivity index (χ2v) is 5.23. The number of rotatable bonds is 5. The molecule has 1 saturated carbocycles. The lowest BCUT2D eigenvalue weighted by Gasteiger charge is -2.16. The van der Waals surface area contributed by atoms with E-state index in [4.69, 9.17) is 5.26 Å². The van der Waals surface area contributed by atoms with Gasteiger partial charge >= 0.3 is 0 Å². The summed E-state index contributed by atoms with van der Waals surface area (Å²) in [4.78, 5) is 4.27. The van der Waals surface area contributed by atoms with Gasteiger partial charge in [-0.3, -0.25) is 0 Å². The molecule has 0 aromatic carbocycles. The number of thiazole rings is 1. The summed E-state index contributed by atoms with van der Waals surface area (Å²) >= 11 is 1.68. The molecule has 1 N–H and O–H groups in total. The molecular formula is C11H15N3S. The first kappa shape index (κ1) is 10.6. The van der Waals surface area contributed by atoms with E-state index in [-0.39, 0.29) is 5.41 Å². The maximum Gasteiger partial charge on any atom is 0.109 e. The summed E-state index contributed by atoms with van der Waals surface area (Å²) in [5.74, 6) is 0. The average molecular weight is 221 g/mol. The molecule has 0 spiro atoms. The Morgan fingerprint density at radius 2 is 2.53 bits per heavy atom. The maximum absolute atomic E-state index is 8.70. The SMILES string of the molecule is CC(NCC1(CC#N)CC1)c1nccs1. The maximum atomic E-state index is 8.70. The van der Waals surface area contributed by atoms with Crippen molar-refractivity contribution in [3.05, 3.63) is 16.6 Å². The lowest BCUT2D eigenvalue weighted by molar-refractivity contribution is 0.432. The zero-order chi connectivity index (χ0) is 10.7. The second kappa shape index (κ2) is 4.30. The van der Waals surface area contributed by atoms with Gasteiger partial charge in [0.05, 0.1) is 12.1 Å². The molecule has 1 aliphatic rings. The minimum Gasteiger partial charge on any atom is -0.308 e. The van der Waals surface area contributed by atoms with Crippen molar-refractivity contribution in [2.24, 2.45) is 5.41 Å². The summed E-state index contributed by atoms with van der Waals surface area (Å²) in [5.41, 5.74) is 0.278. The van der Waals surface area contributed by atoms with Gasteiger partial charge in [0.1, 0.15) is 5.01 Å². The predicted molar refractivity (Wildman–Crippen MR) is 60.4 cm³/mol. The van der Waals surface area contributed by atoms with Crippen molar-refractivity contribution in [1.29, 1.82) is 5.26 Å². The molecule has 1 heterocycles. The molecule has 1 atom stereocenters. The van der Waals surface area contributed by atoms with Crippen LogP contribution in [0.25, 0.3) is 0 Å². The van der Waals surface area contributed by atoms with Crippen LogP contribution in [0.5, 0.6) is 0 Å². The van der Waals surface area contributed by atoms with Gasteiger partial charge in [-0.05, 0) is 25.2 Å². The standard InChI is InChI=1S/C11H15N3S/c1-9(10-13-6-7-15-10)14-8-11(2-3-11)4-5-12/h6-7,9,14H,2-4,8H2,1H3. The fourth-order valence-electron chi connectivity index (χ4n) is 1.67. The van der Waals surface area contributed by atoms with E-state index in [1.54, 1.807) is 11.3 Å². The monoisotopic (exact) mass is 221 g/mol. The lowest BCUT2D eigenvalue weighted by atomic mass is 10.0. The van der Waals surface area contributed by atoms with Crippen LogP contribution in [-0.2, 0) is 0 Å². The Kier molecular flexibility index (Phi) is 3.03. The van der Waals surface area contributed by atoms with Gasteiger partial charge < -0.3 is 5.32 Å². The summed E-state index contributed by atoms with van der Waals surface area (Å²) < 4.78 is 0. The summed E-state index contributed by atoms with van der Waals surface area (Å²) in [6.07, 6.45) is 4.90. The molecule has 3 nitrogen and oxygen atoms in total. The Hall–Kier alpha value is -0.920.